The number of rotatable bonds is 1. The molecule has 90 valence electrons. The Kier molecular flexibility index (Phi) is 2.38. The molecule has 5 heteroatoms. The van der Waals surface area contributed by atoms with E-state index in [1.807, 2.05) is 6.07 Å². The second-order valence-corrected chi connectivity index (χ2v) is 4.43. The highest BCUT2D eigenvalue weighted by atomic mass is 35.5. The summed E-state index contributed by atoms with van der Waals surface area (Å²) in [4.78, 5) is 7.56. The Labute approximate surface area is 108 Å². The number of hydrogen-bond acceptors (Lipinski definition) is 3. The van der Waals surface area contributed by atoms with Crippen LogP contribution in [0.4, 0.5) is 5.69 Å². The maximum atomic E-state index is 9.41. The van der Waals surface area contributed by atoms with E-state index in [9.17, 15) is 5.11 Å². The monoisotopic (exact) mass is 259 g/mol. The number of H-pyrrole nitrogens is 1. The second kappa shape index (κ2) is 3.92. The predicted octanol–water partition coefficient (Wildman–Crippen LogP) is 3.17. The summed E-state index contributed by atoms with van der Waals surface area (Å²) in [7, 11) is 0. The molecule has 0 fully saturated rings. The highest BCUT2D eigenvalue weighted by Gasteiger charge is 2.07. The van der Waals surface area contributed by atoms with E-state index in [-0.39, 0.29) is 5.75 Å². The third kappa shape index (κ3) is 1.76. The molecule has 0 bridgehead atoms. The fourth-order valence-corrected chi connectivity index (χ4v) is 1.99. The molecule has 1 heterocycles. The third-order valence-electron chi connectivity index (χ3n) is 2.74. The summed E-state index contributed by atoms with van der Waals surface area (Å²) in [6.07, 6.45) is 0. The van der Waals surface area contributed by atoms with E-state index in [2.05, 4.69) is 9.97 Å². The van der Waals surface area contributed by atoms with Gasteiger partial charge in [0.05, 0.1) is 21.7 Å². The van der Waals surface area contributed by atoms with Crippen molar-refractivity contribution in [3.63, 3.8) is 0 Å². The number of phenolic OH excluding ortho intramolecular Hbond substituents is 1. The number of nitrogen functional groups attached to an aromatic ring is 1. The molecule has 4 nitrogen and oxygen atoms in total. The normalized spacial score (nSPS) is 10.9. The summed E-state index contributed by atoms with van der Waals surface area (Å²) in [5.41, 5.74) is 8.62. The first-order chi connectivity index (χ1) is 8.63. The first kappa shape index (κ1) is 10.9. The minimum atomic E-state index is 0.202. The Hall–Kier alpha value is -2.20. The molecule has 0 aliphatic rings. The molecule has 3 rings (SSSR count). The maximum absolute atomic E-state index is 9.41. The SMILES string of the molecule is Nc1ccc(-c2nc3ccc(O)cc3[nH]2)cc1Cl. The van der Waals surface area contributed by atoms with E-state index in [0.29, 0.717) is 16.5 Å². The van der Waals surface area contributed by atoms with Gasteiger partial charge in [0, 0.05) is 11.6 Å². The topological polar surface area (TPSA) is 74.9 Å². The van der Waals surface area contributed by atoms with E-state index in [0.717, 1.165) is 16.6 Å². The number of benzene rings is 2. The molecule has 0 amide bonds. The van der Waals surface area contributed by atoms with E-state index in [1.54, 1.807) is 30.3 Å². The van der Waals surface area contributed by atoms with Gasteiger partial charge in [-0.2, -0.15) is 0 Å². The van der Waals surface area contributed by atoms with Crippen LogP contribution in [-0.2, 0) is 0 Å². The molecule has 0 spiro atoms. The number of hydrogen-bond donors (Lipinski definition) is 3. The molecule has 0 aliphatic carbocycles. The first-order valence-corrected chi connectivity index (χ1v) is 5.75. The average molecular weight is 260 g/mol. The third-order valence-corrected chi connectivity index (χ3v) is 3.07. The number of halogens is 1. The minimum absolute atomic E-state index is 0.202. The molecular weight excluding hydrogens is 250 g/mol. The number of phenols is 1. The van der Waals surface area contributed by atoms with E-state index < -0.39 is 0 Å². The number of nitrogens with zero attached hydrogens (tertiary/aromatic N) is 1. The Morgan fingerprint density at radius 2 is 2.00 bits per heavy atom. The molecule has 0 unspecified atom stereocenters. The van der Waals surface area contributed by atoms with Crippen LogP contribution in [0.1, 0.15) is 0 Å². The van der Waals surface area contributed by atoms with E-state index in [1.165, 1.54) is 0 Å². The maximum Gasteiger partial charge on any atom is 0.138 e. The lowest BCUT2D eigenvalue weighted by molar-refractivity contribution is 0.476. The van der Waals surface area contributed by atoms with Gasteiger partial charge in [0.2, 0.25) is 0 Å². The zero-order valence-corrected chi connectivity index (χ0v) is 10.1. The van der Waals surface area contributed by atoms with Gasteiger partial charge in [-0.3, -0.25) is 0 Å². The summed E-state index contributed by atoms with van der Waals surface area (Å²) in [6, 6.07) is 10.3. The van der Waals surface area contributed by atoms with Crippen LogP contribution in [0.5, 0.6) is 5.75 Å². The minimum Gasteiger partial charge on any atom is -0.508 e. The van der Waals surface area contributed by atoms with Gasteiger partial charge in [0.15, 0.2) is 0 Å². The molecule has 0 saturated carbocycles. The van der Waals surface area contributed by atoms with E-state index >= 15 is 0 Å². The van der Waals surface area contributed by atoms with Gasteiger partial charge in [-0.15, -0.1) is 0 Å². The Morgan fingerprint density at radius 1 is 1.17 bits per heavy atom. The van der Waals surface area contributed by atoms with E-state index in [4.69, 9.17) is 17.3 Å². The zero-order valence-electron chi connectivity index (χ0n) is 9.31. The van der Waals surface area contributed by atoms with Crippen LogP contribution in [0.15, 0.2) is 36.4 Å². The molecule has 0 atom stereocenters. The molecule has 3 aromatic rings. The zero-order chi connectivity index (χ0) is 12.7. The lowest BCUT2D eigenvalue weighted by atomic mass is 10.2. The molecule has 0 radical (unpaired) electrons. The number of imidazole rings is 1. The largest absolute Gasteiger partial charge is 0.508 e. The van der Waals surface area contributed by atoms with Crippen molar-refractivity contribution in [2.75, 3.05) is 5.73 Å². The van der Waals surface area contributed by atoms with Crippen LogP contribution in [-0.4, -0.2) is 15.1 Å². The lowest BCUT2D eigenvalue weighted by Crippen LogP contribution is -1.87. The average Bonchev–Trinajstić information content (AvgIpc) is 2.75. The Morgan fingerprint density at radius 3 is 2.78 bits per heavy atom. The number of aromatic nitrogens is 2. The van der Waals surface area contributed by atoms with Crippen molar-refractivity contribution < 1.29 is 5.11 Å². The molecule has 1 aromatic heterocycles. The van der Waals surface area contributed by atoms with Gasteiger partial charge in [0.1, 0.15) is 11.6 Å². The predicted molar refractivity (Wildman–Crippen MR) is 72.6 cm³/mol. The van der Waals surface area contributed by atoms with Crippen LogP contribution in [0.2, 0.25) is 5.02 Å². The smallest absolute Gasteiger partial charge is 0.138 e. The van der Waals surface area contributed by atoms with Crippen molar-refractivity contribution in [2.24, 2.45) is 0 Å². The van der Waals surface area contributed by atoms with Gasteiger partial charge in [-0.1, -0.05) is 11.6 Å². The highest BCUT2D eigenvalue weighted by molar-refractivity contribution is 6.33. The fraction of sp³-hybridized carbons (Fsp3) is 0. The van der Waals surface area contributed by atoms with Gasteiger partial charge in [-0.05, 0) is 30.3 Å². The van der Waals surface area contributed by atoms with Crippen LogP contribution < -0.4 is 5.73 Å². The standard InChI is InChI=1S/C13H10ClN3O/c14-9-5-7(1-3-10(9)15)13-16-11-4-2-8(18)6-12(11)17-13/h1-6,18H,15H2,(H,16,17). The number of anilines is 1. The van der Waals surface area contributed by atoms with Gasteiger partial charge in [-0.25, -0.2) is 4.98 Å². The van der Waals surface area contributed by atoms with Crippen molar-refractivity contribution in [2.45, 2.75) is 0 Å². The van der Waals surface area contributed by atoms with Crippen molar-refractivity contribution in [1.29, 1.82) is 0 Å². The summed E-state index contributed by atoms with van der Waals surface area (Å²) in [6.45, 7) is 0. The van der Waals surface area contributed by atoms with Crippen molar-refractivity contribution in [1.82, 2.24) is 9.97 Å². The number of nitrogens with one attached hydrogen (secondary N) is 1. The molecule has 0 aliphatic heterocycles. The molecule has 18 heavy (non-hydrogen) atoms. The quantitative estimate of drug-likeness (QED) is 0.588. The first-order valence-electron chi connectivity index (χ1n) is 5.37. The fourth-order valence-electron chi connectivity index (χ4n) is 1.81. The summed E-state index contributed by atoms with van der Waals surface area (Å²) >= 11 is 5.98. The van der Waals surface area contributed by atoms with Crippen LogP contribution in [0.3, 0.4) is 0 Å². The Bertz CT molecular complexity index is 736. The van der Waals surface area contributed by atoms with Gasteiger partial charge in [0.25, 0.3) is 0 Å². The summed E-state index contributed by atoms with van der Waals surface area (Å²) in [5.74, 6) is 0.894. The second-order valence-electron chi connectivity index (χ2n) is 4.02. The van der Waals surface area contributed by atoms with Crippen molar-refractivity contribution in [3.8, 4) is 17.1 Å². The Balaban J connectivity index is 2.16. The number of nitrogens with two attached hydrogens (primary N) is 1. The molecular formula is C13H10ClN3O. The van der Waals surface area contributed by atoms with Gasteiger partial charge < -0.3 is 15.8 Å². The molecule has 4 N–H and O–H groups in total. The van der Waals surface area contributed by atoms with Crippen LogP contribution in [0.25, 0.3) is 22.4 Å². The van der Waals surface area contributed by atoms with Crippen LogP contribution in [0, 0.1) is 0 Å². The van der Waals surface area contributed by atoms with Crippen molar-refractivity contribution >= 4 is 28.3 Å². The highest BCUT2D eigenvalue weighted by Crippen LogP contribution is 2.27. The molecule has 0 saturated heterocycles. The number of aromatic hydroxyl groups is 1. The van der Waals surface area contributed by atoms with Gasteiger partial charge >= 0.3 is 0 Å². The number of aromatic amines is 1. The summed E-state index contributed by atoms with van der Waals surface area (Å²) < 4.78 is 0. The van der Waals surface area contributed by atoms with Crippen LogP contribution >= 0.6 is 11.6 Å². The molecule has 2 aromatic carbocycles. The number of fused-ring (bicyclic) bond motifs is 1. The summed E-state index contributed by atoms with van der Waals surface area (Å²) in [5, 5.41) is 9.90. The van der Waals surface area contributed by atoms with Crippen molar-refractivity contribution in [3.05, 3.63) is 41.4 Å². The lowest BCUT2D eigenvalue weighted by Gasteiger charge is -2.00.